The van der Waals surface area contributed by atoms with Crippen LogP contribution in [0, 0.1) is 0 Å². The van der Waals surface area contributed by atoms with Gasteiger partial charge in [-0.05, 0) is 43.5 Å². The quantitative estimate of drug-likeness (QED) is 0.179. The number of nitrogens with one attached hydrogen (secondary N) is 2. The van der Waals surface area contributed by atoms with Crippen LogP contribution in [0.5, 0.6) is 0 Å². The first-order valence-corrected chi connectivity index (χ1v) is 9.77. The molecule has 1 aromatic rings. The second-order valence-corrected chi connectivity index (χ2v) is 6.63. The number of esters is 1. The van der Waals surface area contributed by atoms with Crippen molar-refractivity contribution in [2.24, 2.45) is 16.7 Å². The van der Waals surface area contributed by atoms with Gasteiger partial charge in [-0.1, -0.05) is 53.6 Å². The van der Waals surface area contributed by atoms with Crippen LogP contribution in [0.2, 0.25) is 5.02 Å². The van der Waals surface area contributed by atoms with E-state index in [0.29, 0.717) is 6.61 Å². The maximum absolute atomic E-state index is 11.1. The Hall–Kier alpha value is -3.10. The second-order valence-electron chi connectivity index (χ2n) is 6.19. The van der Waals surface area contributed by atoms with E-state index in [1.165, 1.54) is 16.7 Å². The van der Waals surface area contributed by atoms with Crippen LogP contribution < -0.4 is 22.4 Å². The molecule has 30 heavy (non-hydrogen) atoms. The number of carbonyl (C=O) groups is 2. The van der Waals surface area contributed by atoms with E-state index in [9.17, 15) is 9.59 Å². The van der Waals surface area contributed by atoms with Crippen LogP contribution >= 0.6 is 11.6 Å². The minimum Gasteiger partial charge on any atom is -0.466 e. The summed E-state index contributed by atoms with van der Waals surface area (Å²) in [6.07, 6.45) is 9.76. The Labute approximate surface area is 181 Å². The van der Waals surface area contributed by atoms with Gasteiger partial charge in [-0.3, -0.25) is 9.59 Å². The first-order valence-electron chi connectivity index (χ1n) is 9.39. The normalized spacial score (nSPS) is 13.1. The van der Waals surface area contributed by atoms with Crippen molar-refractivity contribution in [3.8, 4) is 0 Å². The molecule has 2 rings (SSSR count). The summed E-state index contributed by atoms with van der Waals surface area (Å²) < 4.78 is 4.65. The average Bonchev–Trinajstić information content (AvgIpc) is 2.93. The summed E-state index contributed by atoms with van der Waals surface area (Å²) in [7, 11) is 0. The number of hydrogen-bond donors (Lipinski definition) is 4. The third kappa shape index (κ3) is 9.90. The lowest BCUT2D eigenvalue weighted by molar-refractivity contribution is -0.142. The van der Waals surface area contributed by atoms with Crippen LogP contribution in [0.15, 0.2) is 59.2 Å². The Morgan fingerprint density at radius 2 is 2.07 bits per heavy atom. The van der Waals surface area contributed by atoms with Gasteiger partial charge < -0.3 is 15.8 Å². The number of carbonyl (C=O) groups excluding carboxylic acids is 2. The van der Waals surface area contributed by atoms with Crippen molar-refractivity contribution in [2.75, 3.05) is 13.2 Å². The van der Waals surface area contributed by atoms with Crippen LogP contribution in [0.3, 0.4) is 0 Å². The SMILES string of the molecule is CC1=CC=C(c2cccc(Cl)c2)C=CC1.CCOC(=O)CCNC(=O)/C(N)=N/NN. The highest BCUT2D eigenvalue weighted by atomic mass is 35.5. The smallest absolute Gasteiger partial charge is 0.307 e. The Balaban J connectivity index is 0.000000300. The van der Waals surface area contributed by atoms with Gasteiger partial charge in [-0.15, -0.1) is 5.10 Å². The van der Waals surface area contributed by atoms with Gasteiger partial charge in [0, 0.05) is 11.6 Å². The number of nitrogens with zero attached hydrogens (tertiary/aromatic N) is 1. The van der Waals surface area contributed by atoms with Crippen molar-refractivity contribution in [1.82, 2.24) is 10.9 Å². The zero-order valence-electron chi connectivity index (χ0n) is 17.2. The Kier molecular flexibility index (Phi) is 11.6. The van der Waals surface area contributed by atoms with E-state index in [0.717, 1.165) is 11.4 Å². The van der Waals surface area contributed by atoms with Gasteiger partial charge in [-0.2, -0.15) is 0 Å². The van der Waals surface area contributed by atoms with Crippen molar-refractivity contribution in [3.63, 3.8) is 0 Å². The summed E-state index contributed by atoms with van der Waals surface area (Å²) in [6, 6.07) is 7.95. The highest BCUT2D eigenvalue weighted by Crippen LogP contribution is 2.22. The number of hydrazine groups is 1. The van der Waals surface area contributed by atoms with Gasteiger partial charge in [0.25, 0.3) is 5.91 Å². The lowest BCUT2D eigenvalue weighted by Crippen LogP contribution is -2.39. The fraction of sp³-hybridized carbons (Fsp3) is 0.286. The van der Waals surface area contributed by atoms with Crippen molar-refractivity contribution >= 4 is 34.9 Å². The maximum Gasteiger partial charge on any atom is 0.307 e. The van der Waals surface area contributed by atoms with Crippen LogP contribution in [0.4, 0.5) is 0 Å². The zero-order valence-corrected chi connectivity index (χ0v) is 17.9. The number of halogens is 1. The van der Waals surface area contributed by atoms with Crippen molar-refractivity contribution in [2.45, 2.75) is 26.7 Å². The predicted octanol–water partition coefficient (Wildman–Crippen LogP) is 2.42. The molecule has 6 N–H and O–H groups in total. The molecule has 1 amide bonds. The second kappa shape index (κ2) is 14.0. The lowest BCUT2D eigenvalue weighted by Gasteiger charge is -2.04. The van der Waals surface area contributed by atoms with E-state index >= 15 is 0 Å². The molecule has 9 heteroatoms. The van der Waals surface area contributed by atoms with Crippen molar-refractivity contribution in [1.29, 1.82) is 0 Å². The first-order chi connectivity index (χ1) is 14.4. The molecule has 1 aliphatic rings. The predicted molar refractivity (Wildman–Crippen MR) is 120 cm³/mol. The highest BCUT2D eigenvalue weighted by Gasteiger charge is 2.07. The van der Waals surface area contributed by atoms with E-state index in [2.05, 4.69) is 52.4 Å². The minimum atomic E-state index is -0.600. The maximum atomic E-state index is 11.1. The van der Waals surface area contributed by atoms with Crippen LogP contribution in [-0.2, 0) is 14.3 Å². The molecule has 0 aromatic heterocycles. The van der Waals surface area contributed by atoms with Gasteiger partial charge >= 0.3 is 5.97 Å². The largest absolute Gasteiger partial charge is 0.466 e. The van der Waals surface area contributed by atoms with E-state index < -0.39 is 5.91 Å². The molecule has 0 fully saturated rings. The van der Waals surface area contributed by atoms with E-state index in [1.54, 1.807) is 6.92 Å². The van der Waals surface area contributed by atoms with Crippen molar-refractivity contribution in [3.05, 3.63) is 64.7 Å². The topological polar surface area (TPSA) is 132 Å². The number of allylic oxidation sites excluding steroid dienone is 6. The molecular formula is C21H28ClN5O3. The molecule has 0 atom stereocenters. The molecule has 0 unspecified atom stereocenters. The number of hydrazone groups is 1. The van der Waals surface area contributed by atoms with Crippen LogP contribution in [-0.4, -0.2) is 30.9 Å². The highest BCUT2D eigenvalue weighted by molar-refractivity contribution is 6.37. The fourth-order valence-electron chi connectivity index (χ4n) is 2.31. The molecule has 162 valence electrons. The van der Waals surface area contributed by atoms with Gasteiger partial charge in [0.15, 0.2) is 0 Å². The standard InChI is InChI=1S/C14H13Cl.C7H15N5O3/c1-11-4-2-5-12(9-8-11)13-6-3-7-14(15)10-13;1-2-15-5(13)3-4-10-7(14)6(8)11-12-9/h2-3,5-10H,4H2,1H3;12H,2-4,9H2,1H3,(H2,8,11)(H,10,14). The number of benzene rings is 1. The molecule has 8 nitrogen and oxygen atoms in total. The van der Waals surface area contributed by atoms with Crippen LogP contribution in [0.1, 0.15) is 32.3 Å². The molecule has 0 radical (unpaired) electrons. The summed E-state index contributed by atoms with van der Waals surface area (Å²) in [5.41, 5.74) is 10.8. The molecule has 0 spiro atoms. The lowest BCUT2D eigenvalue weighted by atomic mass is 10.1. The van der Waals surface area contributed by atoms with Gasteiger partial charge in [0.1, 0.15) is 0 Å². The van der Waals surface area contributed by atoms with E-state index in [-0.39, 0.29) is 24.8 Å². The number of ether oxygens (including phenoxy) is 1. The summed E-state index contributed by atoms with van der Waals surface area (Å²) >= 11 is 5.97. The number of amidine groups is 1. The number of amides is 1. The monoisotopic (exact) mass is 433 g/mol. The molecule has 0 heterocycles. The number of rotatable bonds is 6. The third-order valence-electron chi connectivity index (χ3n) is 3.78. The van der Waals surface area contributed by atoms with Crippen molar-refractivity contribution < 1.29 is 14.3 Å². The molecule has 0 saturated carbocycles. The van der Waals surface area contributed by atoms with E-state index in [4.69, 9.17) is 23.2 Å². The molecule has 0 saturated heterocycles. The van der Waals surface area contributed by atoms with Gasteiger partial charge in [0.05, 0.1) is 13.0 Å². The Bertz CT molecular complexity index is 847. The first kappa shape index (κ1) is 24.9. The van der Waals surface area contributed by atoms with Crippen LogP contribution in [0.25, 0.3) is 5.57 Å². The minimum absolute atomic E-state index is 0.0862. The molecule has 0 aliphatic heterocycles. The third-order valence-corrected chi connectivity index (χ3v) is 4.02. The number of nitrogens with two attached hydrogens (primary N) is 2. The summed E-state index contributed by atoms with van der Waals surface area (Å²) in [5, 5.41) is 6.40. The fourth-order valence-corrected chi connectivity index (χ4v) is 2.50. The summed E-state index contributed by atoms with van der Waals surface area (Å²) in [4.78, 5) is 21.9. The molecular weight excluding hydrogens is 406 g/mol. The molecule has 1 aromatic carbocycles. The Morgan fingerprint density at radius 3 is 2.73 bits per heavy atom. The molecule has 0 bridgehead atoms. The van der Waals surface area contributed by atoms with E-state index in [1.807, 2.05) is 23.7 Å². The summed E-state index contributed by atoms with van der Waals surface area (Å²) in [6.45, 7) is 4.29. The average molecular weight is 434 g/mol. The van der Waals surface area contributed by atoms with Gasteiger partial charge in [-0.25, -0.2) is 11.4 Å². The Morgan fingerprint density at radius 1 is 1.30 bits per heavy atom. The zero-order chi connectivity index (χ0) is 22.4. The molecule has 1 aliphatic carbocycles. The number of hydrogen-bond acceptors (Lipinski definition) is 6. The van der Waals surface area contributed by atoms with Gasteiger partial charge in [0.2, 0.25) is 5.84 Å². The summed E-state index contributed by atoms with van der Waals surface area (Å²) in [5.74, 6) is 3.52.